The van der Waals surface area contributed by atoms with Gasteiger partial charge in [0.05, 0.1) is 79.3 Å². The third-order valence-corrected chi connectivity index (χ3v) is 14.3. The largest absolute Gasteiger partial charge is 0.396 e. The van der Waals surface area contributed by atoms with E-state index in [1.54, 1.807) is 0 Å². The Morgan fingerprint density at radius 2 is 0.254 bits per heavy atom. The minimum absolute atomic E-state index is 0.178. The van der Waals surface area contributed by atoms with Crippen LogP contribution in [0.4, 0.5) is 0 Å². The molecule has 0 bridgehead atoms. The van der Waals surface area contributed by atoms with Crippen molar-refractivity contribution in [1.82, 2.24) is 0 Å². The first kappa shape index (κ1) is 68.0. The van der Waals surface area contributed by atoms with Gasteiger partial charge in [0, 0.05) is 39.6 Å². The molecule has 18 nitrogen and oxygen atoms in total. The number of aliphatic hydroxyl groups excluding tert-OH is 6. The maximum Gasteiger partial charge on any atom is 0.332 e. The normalized spacial score (nSPS) is 12.1. The van der Waals surface area contributed by atoms with Crippen molar-refractivity contribution >= 4 is 34.4 Å². The molecule has 404 valence electrons. The molecule has 0 spiro atoms. The molecule has 0 aliphatic rings. The van der Waals surface area contributed by atoms with Gasteiger partial charge in [-0.05, 0) is 173 Å². The Hall–Kier alpha value is 1.000. The Morgan fingerprint density at radius 1 is 0.149 bits per heavy atom. The van der Waals surface area contributed by atoms with E-state index in [4.69, 9.17) is 84.9 Å². The van der Waals surface area contributed by atoms with E-state index in [0.29, 0.717) is 79.3 Å². The third-order valence-electron chi connectivity index (χ3n) is 9.54. The first-order chi connectivity index (χ1) is 33.1. The molecule has 0 fully saturated rings. The molecule has 0 saturated carbocycles. The Kier molecular flexibility index (Phi) is 60.5. The van der Waals surface area contributed by atoms with E-state index in [9.17, 15) is 0 Å². The van der Waals surface area contributed by atoms with Crippen molar-refractivity contribution < 1.29 is 84.9 Å². The van der Waals surface area contributed by atoms with E-state index >= 15 is 0 Å². The smallest absolute Gasteiger partial charge is 0.332 e. The van der Waals surface area contributed by atoms with E-state index < -0.39 is 34.4 Å². The molecule has 0 radical (unpaired) electrons. The second-order valence-electron chi connectivity index (χ2n) is 15.8. The third kappa shape index (κ3) is 53.1. The first-order valence-electron chi connectivity index (χ1n) is 25.6. The van der Waals surface area contributed by atoms with Gasteiger partial charge in [-0.2, -0.15) is 0 Å². The zero-order valence-electron chi connectivity index (χ0n) is 41.2. The molecule has 0 aliphatic carbocycles. The molecule has 0 aromatic rings. The lowest BCUT2D eigenvalue weighted by Gasteiger charge is -2.18. The molecule has 0 aromatic heterocycles. The molecule has 0 saturated heterocycles. The maximum absolute atomic E-state index is 9.05. The number of unbranched alkanes of at least 4 members (excludes halogenated alkanes) is 18. The van der Waals surface area contributed by atoms with Crippen LogP contribution in [0.15, 0.2) is 0 Å². The van der Waals surface area contributed by atoms with Crippen molar-refractivity contribution in [1.29, 1.82) is 0 Å². The quantitative estimate of drug-likeness (QED) is 0.0246. The summed E-state index contributed by atoms with van der Waals surface area (Å²) in [6.07, 6.45) is 22.5. The highest BCUT2D eigenvalue weighted by Gasteiger charge is 2.17. The van der Waals surface area contributed by atoms with E-state index in [-0.39, 0.29) is 39.6 Å². The Bertz CT molecular complexity index is 768. The van der Waals surface area contributed by atoms with Crippen LogP contribution in [0.3, 0.4) is 0 Å². The highest BCUT2D eigenvalue weighted by Crippen LogP contribution is 2.43. The van der Waals surface area contributed by atoms with E-state index in [0.717, 1.165) is 173 Å². The van der Waals surface area contributed by atoms with E-state index in [2.05, 4.69) is 0 Å². The molecular weight excluding hydrogens is 952 g/mol. The van der Waals surface area contributed by atoms with Crippen LogP contribution < -0.4 is 0 Å². The summed E-state index contributed by atoms with van der Waals surface area (Å²) in [6, 6.07) is 0. The molecular formula is C45H96O18P4. The van der Waals surface area contributed by atoms with Crippen LogP contribution in [0, 0.1) is 0 Å². The van der Waals surface area contributed by atoms with Gasteiger partial charge in [0.2, 0.25) is 0 Å². The van der Waals surface area contributed by atoms with Crippen molar-refractivity contribution in [2.24, 2.45) is 0 Å². The molecule has 67 heavy (non-hydrogen) atoms. The molecule has 0 aliphatic heterocycles. The Morgan fingerprint density at radius 3 is 0.358 bits per heavy atom. The first-order valence-corrected chi connectivity index (χ1v) is 29.9. The van der Waals surface area contributed by atoms with Gasteiger partial charge < -0.3 is 84.9 Å². The highest BCUT2D eigenvalue weighted by atomic mass is 31.2. The zero-order chi connectivity index (χ0) is 48.6. The fourth-order valence-corrected chi connectivity index (χ4v) is 9.84. The van der Waals surface area contributed by atoms with Crippen molar-refractivity contribution in [2.45, 2.75) is 173 Å². The van der Waals surface area contributed by atoms with Gasteiger partial charge >= 0.3 is 34.4 Å². The summed E-state index contributed by atoms with van der Waals surface area (Å²) in [7, 11) is -5.88. The summed E-state index contributed by atoms with van der Waals surface area (Å²) < 4.78 is 71.7. The van der Waals surface area contributed by atoms with Crippen LogP contribution in [0.2, 0.25) is 0 Å². The minimum atomic E-state index is -1.53. The van der Waals surface area contributed by atoms with Crippen LogP contribution in [-0.4, -0.2) is 150 Å². The number of rotatable bonds is 60. The lowest BCUT2D eigenvalue weighted by Crippen LogP contribution is -2.03. The highest BCUT2D eigenvalue weighted by molar-refractivity contribution is 7.42. The lowest BCUT2D eigenvalue weighted by atomic mass is 10.2. The molecule has 0 unspecified atom stereocenters. The SMILES string of the molecule is OCCCCCOP(OCCCCCO)OCCCCCOP(OCCCCCOP(OCCCCCO)OCCCCCO)OCCCCCOP(OCCCCCO)OCCCCCO. The Balaban J connectivity index is 4.89. The van der Waals surface area contributed by atoms with Gasteiger partial charge in [-0.3, -0.25) is 0 Å². The summed E-state index contributed by atoms with van der Waals surface area (Å²) in [5, 5.41) is 54.3. The molecule has 6 N–H and O–H groups in total. The Labute approximate surface area is 410 Å². The van der Waals surface area contributed by atoms with Gasteiger partial charge in [0.15, 0.2) is 0 Å². The topological polar surface area (TPSA) is 232 Å². The minimum Gasteiger partial charge on any atom is -0.396 e. The zero-order valence-corrected chi connectivity index (χ0v) is 44.8. The van der Waals surface area contributed by atoms with Crippen LogP contribution in [0.25, 0.3) is 0 Å². The predicted octanol–water partition coefficient (Wildman–Crippen LogP) is 10.6. The average molecular weight is 1050 g/mol. The summed E-state index contributed by atoms with van der Waals surface area (Å²) >= 11 is 0. The van der Waals surface area contributed by atoms with Crippen molar-refractivity contribution in [3.63, 3.8) is 0 Å². The fraction of sp³-hybridized carbons (Fsp3) is 1.00. The van der Waals surface area contributed by atoms with E-state index in [1.165, 1.54) is 0 Å². The summed E-state index contributed by atoms with van der Waals surface area (Å²) in [4.78, 5) is 0. The lowest BCUT2D eigenvalue weighted by molar-refractivity contribution is 0.143. The molecule has 0 rings (SSSR count). The van der Waals surface area contributed by atoms with Crippen LogP contribution in [-0.2, 0) is 54.3 Å². The fourth-order valence-electron chi connectivity index (χ4n) is 5.60. The van der Waals surface area contributed by atoms with Gasteiger partial charge in [0.1, 0.15) is 0 Å². The summed E-state index contributed by atoms with van der Waals surface area (Å²) in [5.41, 5.74) is 0. The summed E-state index contributed by atoms with van der Waals surface area (Å²) in [6.45, 7) is 7.26. The van der Waals surface area contributed by atoms with Crippen molar-refractivity contribution in [2.75, 3.05) is 119 Å². The second-order valence-corrected chi connectivity index (χ2v) is 20.7. The van der Waals surface area contributed by atoms with Gasteiger partial charge in [-0.25, -0.2) is 0 Å². The standard InChI is InChI=1S/C45H96O18P4/c46-28-10-1-16-34-52-64(53-35-17-2-11-29-47)58-40-22-7-25-43-61-67(62-44-26-8-23-41-59-65(54-36-18-3-12-30-48)55-37-19-4-13-31-49)63-45-27-9-24-42-60-66(56-38-20-5-14-32-50)57-39-21-6-15-33-51/h46-51H,1-45H2. The number of hydrogen-bond acceptors (Lipinski definition) is 18. The molecule has 0 amide bonds. The van der Waals surface area contributed by atoms with Crippen molar-refractivity contribution in [3.8, 4) is 0 Å². The molecule has 0 heterocycles. The van der Waals surface area contributed by atoms with Crippen LogP contribution in [0.1, 0.15) is 173 Å². The second kappa shape index (κ2) is 59.6. The van der Waals surface area contributed by atoms with Gasteiger partial charge in [-0.15, -0.1) is 0 Å². The molecule has 0 atom stereocenters. The molecule has 22 heteroatoms. The van der Waals surface area contributed by atoms with Crippen LogP contribution in [0.5, 0.6) is 0 Å². The van der Waals surface area contributed by atoms with Gasteiger partial charge in [0.25, 0.3) is 0 Å². The van der Waals surface area contributed by atoms with Crippen molar-refractivity contribution in [3.05, 3.63) is 0 Å². The number of hydrogen-bond donors (Lipinski definition) is 6. The van der Waals surface area contributed by atoms with E-state index in [1.807, 2.05) is 0 Å². The summed E-state index contributed by atoms with van der Waals surface area (Å²) in [5.74, 6) is 0. The number of aliphatic hydroxyl groups is 6. The maximum atomic E-state index is 9.05. The predicted molar refractivity (Wildman–Crippen MR) is 266 cm³/mol. The van der Waals surface area contributed by atoms with Gasteiger partial charge in [-0.1, -0.05) is 0 Å². The average Bonchev–Trinajstić information content (AvgIpc) is 3.33. The molecule has 0 aromatic carbocycles. The monoisotopic (exact) mass is 1050 g/mol. The van der Waals surface area contributed by atoms with Crippen LogP contribution >= 0.6 is 34.4 Å².